The molecule has 1 fully saturated rings. The van der Waals surface area contributed by atoms with Crippen LogP contribution < -0.4 is 15.5 Å². The number of fused-ring (bicyclic) bond motifs is 1. The molecule has 0 bridgehead atoms. The minimum atomic E-state index is -4.79. The molecule has 5 rings (SSSR count). The second kappa shape index (κ2) is 9.40. The van der Waals surface area contributed by atoms with Gasteiger partial charge in [-0.1, -0.05) is 0 Å². The highest BCUT2D eigenvalue weighted by molar-refractivity contribution is 5.90. The van der Waals surface area contributed by atoms with Gasteiger partial charge < -0.3 is 15.5 Å². The second-order valence-corrected chi connectivity index (χ2v) is 9.07. The van der Waals surface area contributed by atoms with Crippen LogP contribution in [0, 0.1) is 5.82 Å². The summed E-state index contributed by atoms with van der Waals surface area (Å²) in [5, 5.41) is 18.3. The predicted molar refractivity (Wildman–Crippen MR) is 125 cm³/mol. The van der Waals surface area contributed by atoms with Gasteiger partial charge in [-0.3, -0.25) is 4.68 Å². The zero-order valence-corrected chi connectivity index (χ0v) is 19.6. The second-order valence-electron chi connectivity index (χ2n) is 9.07. The SMILES string of the molecule is Cn1nccc1-c1nnc(N2CCC(NC(=O)Nc3ccc(F)cc3C(F)(F)F)CC2)c2c1CCC2. The summed E-state index contributed by atoms with van der Waals surface area (Å²) in [4.78, 5) is 14.6. The summed E-state index contributed by atoms with van der Waals surface area (Å²) >= 11 is 0. The zero-order valence-electron chi connectivity index (χ0n) is 19.6. The highest BCUT2D eigenvalue weighted by atomic mass is 19.4. The third kappa shape index (κ3) is 4.71. The van der Waals surface area contributed by atoms with E-state index < -0.39 is 29.3 Å². The third-order valence-corrected chi connectivity index (χ3v) is 6.75. The van der Waals surface area contributed by atoms with Gasteiger partial charge in [0, 0.05) is 37.9 Å². The number of hydrogen-bond acceptors (Lipinski definition) is 5. The average Bonchev–Trinajstić information content (AvgIpc) is 3.49. The Morgan fingerprint density at radius 3 is 2.53 bits per heavy atom. The Bertz CT molecular complexity index is 1280. The van der Waals surface area contributed by atoms with E-state index in [2.05, 4.69) is 30.8 Å². The highest BCUT2D eigenvalue weighted by Crippen LogP contribution is 2.37. The molecular formula is C24H25F4N7O. The number of nitrogens with one attached hydrogen (secondary N) is 2. The number of piperidine rings is 1. The quantitative estimate of drug-likeness (QED) is 0.518. The molecule has 1 aromatic carbocycles. The molecule has 1 aliphatic heterocycles. The molecule has 36 heavy (non-hydrogen) atoms. The number of aryl methyl sites for hydroxylation is 1. The third-order valence-electron chi connectivity index (χ3n) is 6.75. The number of rotatable bonds is 4. The molecule has 0 atom stereocenters. The molecule has 190 valence electrons. The van der Waals surface area contributed by atoms with Gasteiger partial charge in [-0.05, 0) is 61.9 Å². The van der Waals surface area contributed by atoms with E-state index in [0.717, 1.165) is 48.6 Å². The zero-order chi connectivity index (χ0) is 25.4. The summed E-state index contributed by atoms with van der Waals surface area (Å²) in [6, 6.07) is 3.11. The average molecular weight is 504 g/mol. The maximum Gasteiger partial charge on any atom is 0.418 e. The number of halogens is 4. The molecule has 3 heterocycles. The molecule has 0 spiro atoms. The van der Waals surface area contributed by atoms with E-state index in [9.17, 15) is 22.4 Å². The van der Waals surface area contributed by atoms with Crippen LogP contribution in [0.25, 0.3) is 11.4 Å². The maximum absolute atomic E-state index is 13.3. The number of carbonyl (C=O) groups is 1. The summed E-state index contributed by atoms with van der Waals surface area (Å²) < 4.78 is 54.7. The van der Waals surface area contributed by atoms with Crippen molar-refractivity contribution in [1.82, 2.24) is 25.3 Å². The Balaban J connectivity index is 1.23. The van der Waals surface area contributed by atoms with Crippen LogP contribution in [0.4, 0.5) is 33.9 Å². The molecule has 1 saturated heterocycles. The largest absolute Gasteiger partial charge is 0.418 e. The van der Waals surface area contributed by atoms with Crippen molar-refractivity contribution in [3.8, 4) is 11.4 Å². The van der Waals surface area contributed by atoms with Crippen LogP contribution in [0.15, 0.2) is 30.5 Å². The van der Waals surface area contributed by atoms with E-state index in [4.69, 9.17) is 0 Å². The van der Waals surface area contributed by atoms with E-state index >= 15 is 0 Å². The van der Waals surface area contributed by atoms with Crippen molar-refractivity contribution in [2.45, 2.75) is 44.3 Å². The van der Waals surface area contributed by atoms with Crippen LogP contribution in [0.1, 0.15) is 36.0 Å². The molecule has 8 nitrogen and oxygen atoms in total. The molecule has 2 aliphatic rings. The molecule has 0 unspecified atom stereocenters. The number of alkyl halides is 3. The Kier molecular flexibility index (Phi) is 6.27. The number of hydrogen-bond donors (Lipinski definition) is 2. The first-order valence-electron chi connectivity index (χ1n) is 11.8. The molecule has 3 aromatic rings. The molecule has 12 heteroatoms. The summed E-state index contributed by atoms with van der Waals surface area (Å²) in [5.74, 6) is -0.166. The first kappa shape index (κ1) is 24.0. The van der Waals surface area contributed by atoms with Crippen LogP contribution in [0.5, 0.6) is 0 Å². The van der Waals surface area contributed by atoms with E-state index in [1.54, 1.807) is 10.9 Å². The first-order valence-corrected chi connectivity index (χ1v) is 11.8. The summed E-state index contributed by atoms with van der Waals surface area (Å²) in [5.41, 5.74) is 2.46. The Hall–Kier alpha value is -3.70. The number of benzene rings is 1. The molecule has 0 saturated carbocycles. The van der Waals surface area contributed by atoms with Gasteiger partial charge in [-0.15, -0.1) is 10.2 Å². The van der Waals surface area contributed by atoms with Gasteiger partial charge in [0.2, 0.25) is 0 Å². The van der Waals surface area contributed by atoms with Crippen molar-refractivity contribution in [2.75, 3.05) is 23.3 Å². The van der Waals surface area contributed by atoms with Crippen LogP contribution >= 0.6 is 0 Å². The molecule has 2 N–H and O–H groups in total. The van der Waals surface area contributed by atoms with Crippen molar-refractivity contribution < 1.29 is 22.4 Å². The Labute approximate surface area is 204 Å². The fourth-order valence-corrected chi connectivity index (χ4v) is 4.98. The predicted octanol–water partition coefficient (Wildman–Crippen LogP) is 4.31. The Morgan fingerprint density at radius 2 is 1.83 bits per heavy atom. The molecule has 2 aromatic heterocycles. The van der Waals surface area contributed by atoms with Gasteiger partial charge >= 0.3 is 12.2 Å². The lowest BCUT2D eigenvalue weighted by Gasteiger charge is -2.34. The topological polar surface area (TPSA) is 88.0 Å². The Morgan fingerprint density at radius 1 is 1.08 bits per heavy atom. The van der Waals surface area contributed by atoms with Crippen LogP contribution in [0.2, 0.25) is 0 Å². The van der Waals surface area contributed by atoms with E-state index in [0.29, 0.717) is 32.0 Å². The lowest BCUT2D eigenvalue weighted by molar-refractivity contribution is -0.137. The van der Waals surface area contributed by atoms with E-state index in [1.165, 1.54) is 11.1 Å². The molecule has 0 radical (unpaired) electrons. The number of urea groups is 1. The number of aromatic nitrogens is 4. The summed E-state index contributed by atoms with van der Waals surface area (Å²) in [6.07, 6.45) is 1.03. The normalized spacial score (nSPS) is 16.2. The maximum atomic E-state index is 13.3. The van der Waals surface area contributed by atoms with Crippen molar-refractivity contribution in [3.63, 3.8) is 0 Å². The minimum Gasteiger partial charge on any atom is -0.355 e. The van der Waals surface area contributed by atoms with E-state index in [-0.39, 0.29) is 6.04 Å². The molecular weight excluding hydrogens is 478 g/mol. The highest BCUT2D eigenvalue weighted by Gasteiger charge is 2.35. The monoisotopic (exact) mass is 503 g/mol. The lowest BCUT2D eigenvalue weighted by Crippen LogP contribution is -2.46. The minimum absolute atomic E-state index is 0.217. The number of carbonyl (C=O) groups excluding carboxylic acids is 1. The van der Waals surface area contributed by atoms with Crippen LogP contribution in [0.3, 0.4) is 0 Å². The first-order chi connectivity index (χ1) is 17.2. The fourth-order valence-electron chi connectivity index (χ4n) is 4.98. The van der Waals surface area contributed by atoms with Gasteiger partial charge in [0.1, 0.15) is 11.5 Å². The van der Waals surface area contributed by atoms with Gasteiger partial charge in [0.05, 0.1) is 16.9 Å². The van der Waals surface area contributed by atoms with Gasteiger partial charge in [-0.25, -0.2) is 9.18 Å². The van der Waals surface area contributed by atoms with Crippen molar-refractivity contribution in [2.24, 2.45) is 7.05 Å². The summed E-state index contributed by atoms with van der Waals surface area (Å²) in [7, 11) is 1.88. The molecule has 2 amide bonds. The van der Waals surface area contributed by atoms with Crippen molar-refractivity contribution in [1.29, 1.82) is 0 Å². The fraction of sp³-hybridized carbons (Fsp3) is 0.417. The lowest BCUT2D eigenvalue weighted by atomic mass is 10.0. The van der Waals surface area contributed by atoms with Crippen LogP contribution in [-0.4, -0.2) is 45.1 Å². The standard InChI is InChI=1S/C24H25F4N7O/c1-34-20(7-10-29-34)21-16-3-2-4-17(16)22(33-32-21)35-11-8-15(9-12-35)30-23(36)31-19-6-5-14(25)13-18(19)24(26,27)28/h5-7,10,13,15H,2-4,8-9,11-12H2,1H3,(H2,30,31,36). The number of anilines is 2. The summed E-state index contributed by atoms with van der Waals surface area (Å²) in [6.45, 7) is 1.25. The van der Waals surface area contributed by atoms with Gasteiger partial charge in [0.25, 0.3) is 0 Å². The van der Waals surface area contributed by atoms with Gasteiger partial charge in [-0.2, -0.15) is 18.3 Å². The number of nitrogens with zero attached hydrogens (tertiary/aromatic N) is 5. The smallest absolute Gasteiger partial charge is 0.355 e. The van der Waals surface area contributed by atoms with E-state index in [1.807, 2.05) is 13.1 Å². The van der Waals surface area contributed by atoms with Crippen LogP contribution in [-0.2, 0) is 26.1 Å². The number of amides is 2. The van der Waals surface area contributed by atoms with Gasteiger partial charge in [0.15, 0.2) is 5.82 Å². The van der Waals surface area contributed by atoms with Crippen molar-refractivity contribution in [3.05, 3.63) is 53.0 Å². The molecule has 1 aliphatic carbocycles. The van der Waals surface area contributed by atoms with Crippen molar-refractivity contribution >= 4 is 17.5 Å².